The van der Waals surface area contributed by atoms with Gasteiger partial charge in [0.2, 0.25) is 11.7 Å². The van der Waals surface area contributed by atoms with Crippen LogP contribution < -0.4 is 0 Å². The summed E-state index contributed by atoms with van der Waals surface area (Å²) in [5, 5.41) is 13.3. The van der Waals surface area contributed by atoms with Gasteiger partial charge in [0.25, 0.3) is 0 Å². The Morgan fingerprint density at radius 2 is 2.14 bits per heavy atom. The van der Waals surface area contributed by atoms with E-state index in [-0.39, 0.29) is 5.92 Å². The minimum atomic E-state index is -0.820. The highest BCUT2D eigenvalue weighted by Gasteiger charge is 2.33. The van der Waals surface area contributed by atoms with E-state index >= 15 is 0 Å². The Labute approximate surface area is 122 Å². The molecule has 0 saturated carbocycles. The summed E-state index contributed by atoms with van der Waals surface area (Å²) in [6, 6.07) is 7.82. The van der Waals surface area contributed by atoms with Crippen LogP contribution in [0.1, 0.15) is 30.2 Å². The molecule has 2 atom stereocenters. The SMILES string of the molecule is Cc1cccc(-c2noc(C3CC=CCC3C(=O)O)n2)c1. The lowest BCUT2D eigenvalue weighted by Crippen LogP contribution is -2.23. The number of aliphatic carboxylic acids is 1. The highest BCUT2D eigenvalue weighted by Crippen LogP contribution is 2.34. The Bertz CT molecular complexity index is 690. The van der Waals surface area contributed by atoms with Gasteiger partial charge in [-0.2, -0.15) is 4.98 Å². The van der Waals surface area contributed by atoms with Gasteiger partial charge >= 0.3 is 5.97 Å². The lowest BCUT2D eigenvalue weighted by Gasteiger charge is -2.21. The van der Waals surface area contributed by atoms with Gasteiger partial charge in [0.15, 0.2) is 0 Å². The van der Waals surface area contributed by atoms with Crippen LogP contribution in [0.25, 0.3) is 11.4 Å². The third-order valence-electron chi connectivity index (χ3n) is 3.78. The molecule has 2 aromatic rings. The summed E-state index contributed by atoms with van der Waals surface area (Å²) in [7, 11) is 0. The number of carboxylic acids is 1. The summed E-state index contributed by atoms with van der Waals surface area (Å²) < 4.78 is 5.32. The van der Waals surface area contributed by atoms with Crippen LogP contribution in [0.5, 0.6) is 0 Å². The Balaban J connectivity index is 1.91. The van der Waals surface area contributed by atoms with E-state index in [0.29, 0.717) is 24.6 Å². The number of aryl methyl sites for hydroxylation is 1. The molecule has 0 fully saturated rings. The second-order valence-corrected chi connectivity index (χ2v) is 5.32. The third-order valence-corrected chi connectivity index (χ3v) is 3.78. The topological polar surface area (TPSA) is 76.2 Å². The molecule has 5 nitrogen and oxygen atoms in total. The van der Waals surface area contributed by atoms with E-state index in [1.807, 2.05) is 43.3 Å². The predicted molar refractivity (Wildman–Crippen MR) is 76.7 cm³/mol. The maximum absolute atomic E-state index is 11.3. The second kappa shape index (κ2) is 5.52. The van der Waals surface area contributed by atoms with Crippen molar-refractivity contribution < 1.29 is 14.4 Å². The van der Waals surface area contributed by atoms with Crippen LogP contribution in [0.4, 0.5) is 0 Å². The van der Waals surface area contributed by atoms with Gasteiger partial charge in [0.05, 0.1) is 11.8 Å². The van der Waals surface area contributed by atoms with Crippen molar-refractivity contribution in [3.8, 4) is 11.4 Å². The number of rotatable bonds is 3. The first-order valence-electron chi connectivity index (χ1n) is 6.93. The van der Waals surface area contributed by atoms with Crippen molar-refractivity contribution in [1.82, 2.24) is 10.1 Å². The quantitative estimate of drug-likeness (QED) is 0.876. The number of hydrogen-bond acceptors (Lipinski definition) is 4. The van der Waals surface area contributed by atoms with Crippen LogP contribution in [-0.2, 0) is 4.79 Å². The molecule has 0 saturated heterocycles. The van der Waals surface area contributed by atoms with Crippen molar-refractivity contribution >= 4 is 5.97 Å². The van der Waals surface area contributed by atoms with Gasteiger partial charge < -0.3 is 9.63 Å². The van der Waals surface area contributed by atoms with E-state index in [0.717, 1.165) is 11.1 Å². The minimum Gasteiger partial charge on any atom is -0.481 e. The summed E-state index contributed by atoms with van der Waals surface area (Å²) >= 11 is 0. The number of carboxylic acid groups (broad SMARTS) is 1. The molecule has 0 aliphatic heterocycles. The fourth-order valence-electron chi connectivity index (χ4n) is 2.65. The smallest absolute Gasteiger partial charge is 0.307 e. The lowest BCUT2D eigenvalue weighted by atomic mass is 9.83. The summed E-state index contributed by atoms with van der Waals surface area (Å²) in [6.45, 7) is 2.00. The number of allylic oxidation sites excluding steroid dienone is 2. The summed E-state index contributed by atoms with van der Waals surface area (Å²) in [5.74, 6) is -0.658. The van der Waals surface area contributed by atoms with Crippen molar-refractivity contribution in [3.63, 3.8) is 0 Å². The highest BCUT2D eigenvalue weighted by atomic mass is 16.5. The fraction of sp³-hybridized carbons (Fsp3) is 0.312. The largest absolute Gasteiger partial charge is 0.481 e. The van der Waals surface area contributed by atoms with Crippen molar-refractivity contribution in [2.75, 3.05) is 0 Å². The molecule has 0 spiro atoms. The Morgan fingerprint density at radius 3 is 2.90 bits per heavy atom. The maximum Gasteiger partial charge on any atom is 0.307 e. The normalized spacial score (nSPS) is 21.4. The van der Waals surface area contributed by atoms with Crippen LogP contribution in [0.3, 0.4) is 0 Å². The van der Waals surface area contributed by atoms with E-state index in [2.05, 4.69) is 10.1 Å². The molecule has 21 heavy (non-hydrogen) atoms. The molecule has 0 bridgehead atoms. The molecule has 2 unspecified atom stereocenters. The Morgan fingerprint density at radius 1 is 1.33 bits per heavy atom. The molecule has 1 aromatic heterocycles. The average Bonchev–Trinajstić information content (AvgIpc) is 2.97. The molecular weight excluding hydrogens is 268 g/mol. The van der Waals surface area contributed by atoms with Crippen LogP contribution in [0.15, 0.2) is 40.9 Å². The van der Waals surface area contributed by atoms with E-state index in [9.17, 15) is 9.90 Å². The zero-order valence-electron chi connectivity index (χ0n) is 11.7. The number of benzene rings is 1. The zero-order chi connectivity index (χ0) is 14.8. The zero-order valence-corrected chi connectivity index (χ0v) is 11.7. The molecule has 1 aliphatic carbocycles. The van der Waals surface area contributed by atoms with Gasteiger partial charge in [0, 0.05) is 5.56 Å². The van der Waals surface area contributed by atoms with E-state index in [4.69, 9.17) is 4.52 Å². The van der Waals surface area contributed by atoms with Crippen molar-refractivity contribution in [3.05, 3.63) is 47.9 Å². The number of hydrogen-bond donors (Lipinski definition) is 1. The van der Waals surface area contributed by atoms with E-state index in [1.165, 1.54) is 0 Å². The van der Waals surface area contributed by atoms with Crippen LogP contribution in [0.2, 0.25) is 0 Å². The van der Waals surface area contributed by atoms with Gasteiger partial charge in [-0.05, 0) is 25.8 Å². The second-order valence-electron chi connectivity index (χ2n) is 5.32. The predicted octanol–water partition coefficient (Wildman–Crippen LogP) is 3.18. The average molecular weight is 284 g/mol. The molecule has 1 aromatic carbocycles. The summed E-state index contributed by atoms with van der Waals surface area (Å²) in [5.41, 5.74) is 1.99. The summed E-state index contributed by atoms with van der Waals surface area (Å²) in [6.07, 6.45) is 4.99. The Kier molecular flexibility index (Phi) is 3.56. The number of aromatic nitrogens is 2. The van der Waals surface area contributed by atoms with Gasteiger partial charge in [-0.3, -0.25) is 4.79 Å². The van der Waals surface area contributed by atoms with Gasteiger partial charge in [-0.1, -0.05) is 41.1 Å². The monoisotopic (exact) mass is 284 g/mol. The maximum atomic E-state index is 11.3. The minimum absolute atomic E-state index is 0.251. The van der Waals surface area contributed by atoms with Crippen LogP contribution >= 0.6 is 0 Å². The van der Waals surface area contributed by atoms with E-state index < -0.39 is 11.9 Å². The third kappa shape index (κ3) is 2.72. The fourth-order valence-corrected chi connectivity index (χ4v) is 2.65. The molecular formula is C16H16N2O3. The molecule has 0 radical (unpaired) electrons. The van der Waals surface area contributed by atoms with Crippen LogP contribution in [-0.4, -0.2) is 21.2 Å². The summed E-state index contributed by atoms with van der Waals surface area (Å²) in [4.78, 5) is 15.7. The Hall–Kier alpha value is -2.43. The molecule has 1 heterocycles. The highest BCUT2D eigenvalue weighted by molar-refractivity contribution is 5.71. The lowest BCUT2D eigenvalue weighted by molar-refractivity contribution is -0.142. The van der Waals surface area contributed by atoms with Crippen molar-refractivity contribution in [1.29, 1.82) is 0 Å². The van der Waals surface area contributed by atoms with Gasteiger partial charge in [0.1, 0.15) is 0 Å². The molecule has 108 valence electrons. The van der Waals surface area contributed by atoms with E-state index in [1.54, 1.807) is 0 Å². The molecule has 1 N–H and O–H groups in total. The standard InChI is InChI=1S/C16H16N2O3/c1-10-5-4-6-11(9-10)14-17-15(21-18-14)12-7-2-3-8-13(12)16(19)20/h2-6,9,12-13H,7-8H2,1H3,(H,19,20). The molecule has 5 heteroatoms. The van der Waals surface area contributed by atoms with Gasteiger partial charge in [-0.15, -0.1) is 0 Å². The first kappa shape index (κ1) is 13.5. The van der Waals surface area contributed by atoms with Crippen LogP contribution in [0, 0.1) is 12.8 Å². The number of carbonyl (C=O) groups is 1. The number of nitrogens with zero attached hydrogens (tertiary/aromatic N) is 2. The molecule has 3 rings (SSSR count). The first-order valence-corrected chi connectivity index (χ1v) is 6.93. The molecule has 0 amide bonds. The first-order chi connectivity index (χ1) is 10.1. The van der Waals surface area contributed by atoms with Crippen molar-refractivity contribution in [2.24, 2.45) is 5.92 Å². The van der Waals surface area contributed by atoms with Gasteiger partial charge in [-0.25, -0.2) is 0 Å². The molecule has 1 aliphatic rings. The van der Waals surface area contributed by atoms with Crippen molar-refractivity contribution in [2.45, 2.75) is 25.7 Å².